The van der Waals surface area contributed by atoms with Crippen LogP contribution in [0.25, 0.3) is 0 Å². The third-order valence-electron chi connectivity index (χ3n) is 2.49. The molecule has 6 heteroatoms. The lowest BCUT2D eigenvalue weighted by Crippen LogP contribution is -2.29. The average Bonchev–Trinajstić information content (AvgIpc) is 2.59. The summed E-state index contributed by atoms with van der Waals surface area (Å²) in [6.45, 7) is 0.165. The number of carbonyl (C=O) groups excluding carboxylic acids is 1. The highest BCUT2D eigenvalue weighted by Crippen LogP contribution is 2.13. The van der Waals surface area contributed by atoms with Crippen LogP contribution in [0.5, 0.6) is 0 Å². The molecule has 1 aromatic rings. The lowest BCUT2D eigenvalue weighted by molar-refractivity contribution is 0.0572. The predicted molar refractivity (Wildman–Crippen MR) is 52.9 cm³/mol. The minimum atomic E-state index is -0.917. The van der Waals surface area contributed by atoms with E-state index in [1.165, 1.54) is 11.0 Å². The monoisotopic (exact) mass is 225 g/mol. The smallest absolute Gasteiger partial charge is 0.335 e. The first-order valence-corrected chi connectivity index (χ1v) is 4.82. The Kier molecular flexibility index (Phi) is 2.76. The van der Waals surface area contributed by atoms with Crippen molar-refractivity contribution < 1.29 is 19.4 Å². The number of hydrogen-bond acceptors (Lipinski definition) is 5. The van der Waals surface area contributed by atoms with Gasteiger partial charge in [0, 0.05) is 19.2 Å². The van der Waals surface area contributed by atoms with Gasteiger partial charge in [0.25, 0.3) is 5.91 Å². The Morgan fingerprint density at radius 2 is 1.94 bits per heavy atom. The molecule has 1 fully saturated rings. The lowest BCUT2D eigenvalue weighted by Gasteiger charge is -2.14. The number of nitrogens with zero attached hydrogens (tertiary/aromatic N) is 1. The van der Waals surface area contributed by atoms with Crippen molar-refractivity contribution in [3.05, 3.63) is 34.4 Å². The van der Waals surface area contributed by atoms with Gasteiger partial charge in [0.05, 0.1) is 17.8 Å². The molecular formula is C10H11NO5. The van der Waals surface area contributed by atoms with Crippen LogP contribution in [0.3, 0.4) is 0 Å². The fourth-order valence-electron chi connectivity index (χ4n) is 1.60. The maximum Gasteiger partial charge on any atom is 0.335 e. The highest BCUT2D eigenvalue weighted by Gasteiger charge is 2.33. The number of β-amino-alcohol motifs (C(OH)–C–C–N with tert-alkyl or cyclic N) is 2. The number of aliphatic hydroxyl groups is 2. The van der Waals surface area contributed by atoms with Gasteiger partial charge in [-0.2, -0.15) is 0 Å². The zero-order valence-electron chi connectivity index (χ0n) is 8.37. The summed E-state index contributed by atoms with van der Waals surface area (Å²) in [4.78, 5) is 23.8. The van der Waals surface area contributed by atoms with Gasteiger partial charge in [0.15, 0.2) is 0 Å². The molecule has 0 aromatic carbocycles. The Bertz CT molecular complexity index is 424. The van der Waals surface area contributed by atoms with Gasteiger partial charge in [-0.15, -0.1) is 0 Å². The Labute approximate surface area is 90.7 Å². The van der Waals surface area contributed by atoms with Crippen LogP contribution in [0.2, 0.25) is 0 Å². The first-order valence-electron chi connectivity index (χ1n) is 4.82. The molecular weight excluding hydrogens is 214 g/mol. The van der Waals surface area contributed by atoms with E-state index in [4.69, 9.17) is 0 Å². The van der Waals surface area contributed by atoms with E-state index in [1.54, 1.807) is 0 Å². The van der Waals surface area contributed by atoms with Gasteiger partial charge in [-0.25, -0.2) is 4.79 Å². The summed E-state index contributed by atoms with van der Waals surface area (Å²) in [5.41, 5.74) is -0.307. The number of hydrogen-bond donors (Lipinski definition) is 2. The molecule has 1 saturated heterocycles. The fourth-order valence-corrected chi connectivity index (χ4v) is 1.60. The summed E-state index contributed by atoms with van der Waals surface area (Å²) in [5, 5.41) is 18.6. The van der Waals surface area contributed by atoms with Crippen LogP contribution in [-0.2, 0) is 0 Å². The highest BCUT2D eigenvalue weighted by molar-refractivity contribution is 5.94. The first-order chi connectivity index (χ1) is 7.58. The van der Waals surface area contributed by atoms with Crippen molar-refractivity contribution in [3.63, 3.8) is 0 Å². The topological polar surface area (TPSA) is 91.0 Å². The zero-order chi connectivity index (χ0) is 11.7. The van der Waals surface area contributed by atoms with Crippen molar-refractivity contribution in [1.29, 1.82) is 0 Å². The van der Waals surface area contributed by atoms with E-state index in [9.17, 15) is 19.8 Å². The molecule has 2 unspecified atom stereocenters. The Morgan fingerprint density at radius 1 is 1.31 bits per heavy atom. The van der Waals surface area contributed by atoms with E-state index in [2.05, 4.69) is 4.42 Å². The molecule has 0 saturated carbocycles. The molecule has 16 heavy (non-hydrogen) atoms. The van der Waals surface area contributed by atoms with Crippen LogP contribution in [-0.4, -0.2) is 46.3 Å². The fraction of sp³-hybridized carbons (Fsp3) is 0.400. The second kappa shape index (κ2) is 4.07. The van der Waals surface area contributed by atoms with Crippen LogP contribution in [0.1, 0.15) is 10.4 Å². The number of carbonyl (C=O) groups is 1. The molecule has 86 valence electrons. The van der Waals surface area contributed by atoms with E-state index in [1.807, 2.05) is 0 Å². The summed E-state index contributed by atoms with van der Waals surface area (Å²) < 4.78 is 4.56. The van der Waals surface area contributed by atoms with E-state index >= 15 is 0 Å². The zero-order valence-corrected chi connectivity index (χ0v) is 8.37. The van der Waals surface area contributed by atoms with Gasteiger partial charge in [-0.1, -0.05) is 0 Å². The third-order valence-corrected chi connectivity index (χ3v) is 2.49. The maximum atomic E-state index is 11.8. The van der Waals surface area contributed by atoms with Crippen molar-refractivity contribution in [1.82, 2.24) is 4.90 Å². The molecule has 1 aliphatic heterocycles. The minimum absolute atomic E-state index is 0.0825. The summed E-state index contributed by atoms with van der Waals surface area (Å²) >= 11 is 0. The Morgan fingerprint density at radius 3 is 2.44 bits per heavy atom. The minimum Gasteiger partial charge on any atom is -0.430 e. The van der Waals surface area contributed by atoms with Crippen LogP contribution >= 0.6 is 0 Å². The van der Waals surface area contributed by atoms with Crippen molar-refractivity contribution in [3.8, 4) is 0 Å². The van der Waals surface area contributed by atoms with Crippen LogP contribution in [0, 0.1) is 0 Å². The second-order valence-corrected chi connectivity index (χ2v) is 3.69. The van der Waals surface area contributed by atoms with Crippen LogP contribution in [0.15, 0.2) is 27.6 Å². The molecule has 0 aliphatic carbocycles. The second-order valence-electron chi connectivity index (χ2n) is 3.69. The quantitative estimate of drug-likeness (QED) is 0.627. The molecule has 2 rings (SSSR count). The third kappa shape index (κ3) is 1.98. The molecule has 2 heterocycles. The predicted octanol–water partition coefficient (Wildman–Crippen LogP) is -1.18. The maximum absolute atomic E-state index is 11.8. The Balaban J connectivity index is 2.14. The largest absolute Gasteiger partial charge is 0.430 e. The van der Waals surface area contributed by atoms with E-state index in [0.717, 1.165) is 12.3 Å². The first kappa shape index (κ1) is 10.8. The van der Waals surface area contributed by atoms with Gasteiger partial charge in [0.2, 0.25) is 0 Å². The summed E-state index contributed by atoms with van der Waals surface area (Å²) in [7, 11) is 0. The molecule has 2 N–H and O–H groups in total. The van der Waals surface area contributed by atoms with Crippen molar-refractivity contribution in [2.24, 2.45) is 0 Å². The Hall–Kier alpha value is -1.66. The number of likely N-dealkylation sites (tertiary alicyclic amines) is 1. The van der Waals surface area contributed by atoms with Gasteiger partial charge >= 0.3 is 5.63 Å². The molecule has 0 radical (unpaired) electrons. The number of amides is 1. The molecule has 1 aromatic heterocycles. The van der Waals surface area contributed by atoms with Gasteiger partial charge in [0.1, 0.15) is 6.26 Å². The SMILES string of the molecule is O=C(c1ccc(=O)oc1)N1CC(O)C(O)C1. The van der Waals surface area contributed by atoms with E-state index in [0.29, 0.717) is 0 Å². The standard InChI is InChI=1S/C10H11NO5/c12-7-3-11(4-8(7)13)10(15)6-1-2-9(14)16-5-6/h1-2,5,7-8,12-13H,3-4H2. The van der Waals surface area contributed by atoms with Crippen molar-refractivity contribution in [2.75, 3.05) is 13.1 Å². The molecule has 0 spiro atoms. The van der Waals surface area contributed by atoms with Gasteiger partial charge < -0.3 is 19.5 Å². The lowest BCUT2D eigenvalue weighted by atomic mass is 10.2. The van der Waals surface area contributed by atoms with Crippen molar-refractivity contribution >= 4 is 5.91 Å². The van der Waals surface area contributed by atoms with Crippen molar-refractivity contribution in [2.45, 2.75) is 12.2 Å². The van der Waals surface area contributed by atoms with E-state index < -0.39 is 17.8 Å². The highest BCUT2D eigenvalue weighted by atomic mass is 16.4. The number of aliphatic hydroxyl groups excluding tert-OH is 2. The van der Waals surface area contributed by atoms with Gasteiger partial charge in [-0.05, 0) is 6.07 Å². The number of rotatable bonds is 1. The molecule has 0 bridgehead atoms. The normalized spacial score (nSPS) is 24.8. The van der Waals surface area contributed by atoms with E-state index in [-0.39, 0.29) is 24.6 Å². The van der Waals surface area contributed by atoms with Crippen LogP contribution in [0.4, 0.5) is 0 Å². The summed E-state index contributed by atoms with van der Waals surface area (Å²) in [6.07, 6.45) is -0.763. The average molecular weight is 225 g/mol. The van der Waals surface area contributed by atoms with Gasteiger partial charge in [-0.3, -0.25) is 4.79 Å². The molecule has 1 amide bonds. The van der Waals surface area contributed by atoms with Crippen LogP contribution < -0.4 is 5.63 Å². The summed E-state index contributed by atoms with van der Waals surface area (Å²) in [5.74, 6) is -0.376. The summed E-state index contributed by atoms with van der Waals surface area (Å²) in [6, 6.07) is 2.50. The molecule has 1 aliphatic rings. The molecule has 2 atom stereocenters. The molecule has 6 nitrogen and oxygen atoms in total.